The summed E-state index contributed by atoms with van der Waals surface area (Å²) >= 11 is 0. The molecule has 0 saturated carbocycles. The molecule has 0 heterocycles. The molecule has 0 aliphatic carbocycles. The molecule has 3 N–H and O–H groups in total. The number of benzene rings is 1. The van der Waals surface area contributed by atoms with E-state index in [1.807, 2.05) is 6.92 Å². The smallest absolute Gasteiger partial charge is 0.237 e. The van der Waals surface area contributed by atoms with Crippen molar-refractivity contribution in [3.8, 4) is 0 Å². The lowest BCUT2D eigenvalue weighted by molar-refractivity contribution is -0.123. The Balaban J connectivity index is 2.63. The minimum absolute atomic E-state index is 0.234. The summed E-state index contributed by atoms with van der Waals surface area (Å²) in [5.74, 6) is -0.549. The Morgan fingerprint density at radius 1 is 1.47 bits per heavy atom. The monoisotopic (exact) mass is 238 g/mol. The first-order valence-corrected chi connectivity index (χ1v) is 5.86. The topological polar surface area (TPSA) is 55.1 Å². The number of nitrogens with one attached hydrogen (secondary N) is 1. The third-order valence-corrected chi connectivity index (χ3v) is 2.67. The molecule has 0 aromatic heterocycles. The highest BCUT2D eigenvalue weighted by molar-refractivity contribution is 5.81. The third kappa shape index (κ3) is 3.82. The Kier molecular flexibility index (Phi) is 5.10. The lowest BCUT2D eigenvalue weighted by atomic mass is 10.1. The summed E-state index contributed by atoms with van der Waals surface area (Å²) in [5, 5.41) is 2.72. The fourth-order valence-corrected chi connectivity index (χ4v) is 1.67. The van der Waals surface area contributed by atoms with Gasteiger partial charge in [-0.25, -0.2) is 4.39 Å². The minimum Gasteiger partial charge on any atom is -0.348 e. The van der Waals surface area contributed by atoms with Crippen LogP contribution in [0.2, 0.25) is 0 Å². The molecular weight excluding hydrogens is 219 g/mol. The first kappa shape index (κ1) is 13.6. The maximum absolute atomic E-state index is 13.5. The van der Waals surface area contributed by atoms with Gasteiger partial charge in [0, 0.05) is 5.56 Å². The average Bonchev–Trinajstić information content (AvgIpc) is 2.29. The lowest BCUT2D eigenvalue weighted by Crippen LogP contribution is -2.41. The van der Waals surface area contributed by atoms with Crippen molar-refractivity contribution in [1.82, 2.24) is 5.32 Å². The summed E-state index contributed by atoms with van der Waals surface area (Å²) in [5.41, 5.74) is 6.16. The summed E-state index contributed by atoms with van der Waals surface area (Å²) in [7, 11) is 0. The number of halogens is 1. The number of hydrogen-bond acceptors (Lipinski definition) is 2. The zero-order valence-electron chi connectivity index (χ0n) is 10.2. The molecule has 1 amide bonds. The number of nitrogens with two attached hydrogens (primary N) is 1. The van der Waals surface area contributed by atoms with E-state index in [1.54, 1.807) is 25.1 Å². The van der Waals surface area contributed by atoms with Gasteiger partial charge in [0.2, 0.25) is 5.91 Å². The Morgan fingerprint density at radius 3 is 2.71 bits per heavy atom. The van der Waals surface area contributed by atoms with E-state index in [0.29, 0.717) is 12.0 Å². The number of carbonyl (C=O) groups is 1. The normalized spacial score (nSPS) is 14.1. The minimum atomic E-state index is -0.519. The molecule has 3 nitrogen and oxygen atoms in total. The molecule has 0 radical (unpaired) electrons. The van der Waals surface area contributed by atoms with Crippen LogP contribution in [0.1, 0.15) is 38.3 Å². The zero-order chi connectivity index (χ0) is 12.8. The van der Waals surface area contributed by atoms with Crippen molar-refractivity contribution in [3.63, 3.8) is 0 Å². The van der Waals surface area contributed by atoms with Crippen molar-refractivity contribution >= 4 is 5.91 Å². The van der Waals surface area contributed by atoms with Crippen molar-refractivity contribution in [2.24, 2.45) is 5.73 Å². The van der Waals surface area contributed by atoms with Crippen LogP contribution in [-0.2, 0) is 4.79 Å². The highest BCUT2D eigenvalue weighted by Gasteiger charge is 2.17. The van der Waals surface area contributed by atoms with Crippen LogP contribution >= 0.6 is 0 Å². The number of rotatable bonds is 5. The van der Waals surface area contributed by atoms with Crippen molar-refractivity contribution in [2.75, 3.05) is 0 Å². The largest absolute Gasteiger partial charge is 0.348 e. The van der Waals surface area contributed by atoms with Crippen molar-refractivity contribution in [1.29, 1.82) is 0 Å². The van der Waals surface area contributed by atoms with E-state index in [9.17, 15) is 9.18 Å². The van der Waals surface area contributed by atoms with Crippen molar-refractivity contribution < 1.29 is 9.18 Å². The first-order chi connectivity index (χ1) is 8.06. The highest BCUT2D eigenvalue weighted by atomic mass is 19.1. The van der Waals surface area contributed by atoms with Gasteiger partial charge in [0.15, 0.2) is 0 Å². The van der Waals surface area contributed by atoms with Gasteiger partial charge < -0.3 is 11.1 Å². The number of hydrogen-bond donors (Lipinski definition) is 2. The molecule has 1 aromatic carbocycles. The Bertz CT molecular complexity index is 381. The van der Waals surface area contributed by atoms with Gasteiger partial charge >= 0.3 is 0 Å². The maximum Gasteiger partial charge on any atom is 0.237 e. The average molecular weight is 238 g/mol. The van der Waals surface area contributed by atoms with Gasteiger partial charge in [0.05, 0.1) is 12.1 Å². The molecule has 4 heteroatoms. The molecular formula is C13H19FN2O. The lowest BCUT2D eigenvalue weighted by Gasteiger charge is -2.18. The van der Waals surface area contributed by atoms with E-state index in [-0.39, 0.29) is 17.8 Å². The van der Waals surface area contributed by atoms with E-state index >= 15 is 0 Å². The second-order valence-corrected chi connectivity index (χ2v) is 4.15. The second kappa shape index (κ2) is 6.35. The predicted octanol–water partition coefficient (Wildman–Crippen LogP) is 2.13. The van der Waals surface area contributed by atoms with E-state index in [0.717, 1.165) is 6.42 Å². The van der Waals surface area contributed by atoms with Crippen LogP contribution in [0.15, 0.2) is 24.3 Å². The van der Waals surface area contributed by atoms with Crippen LogP contribution in [0.5, 0.6) is 0 Å². The predicted molar refractivity (Wildman–Crippen MR) is 65.8 cm³/mol. The second-order valence-electron chi connectivity index (χ2n) is 4.15. The van der Waals surface area contributed by atoms with Crippen LogP contribution in [-0.4, -0.2) is 11.9 Å². The quantitative estimate of drug-likeness (QED) is 0.825. The summed E-state index contributed by atoms with van der Waals surface area (Å²) in [6.07, 6.45) is 1.48. The van der Waals surface area contributed by atoms with Gasteiger partial charge in [-0.15, -0.1) is 0 Å². The summed E-state index contributed by atoms with van der Waals surface area (Å²) < 4.78 is 13.5. The van der Waals surface area contributed by atoms with E-state index in [1.165, 1.54) is 6.07 Å². The van der Waals surface area contributed by atoms with Gasteiger partial charge in [-0.05, 0) is 19.4 Å². The molecule has 94 valence electrons. The highest BCUT2D eigenvalue weighted by Crippen LogP contribution is 2.16. The Morgan fingerprint density at radius 2 is 2.12 bits per heavy atom. The maximum atomic E-state index is 13.5. The van der Waals surface area contributed by atoms with Gasteiger partial charge in [0.25, 0.3) is 0 Å². The number of amides is 1. The van der Waals surface area contributed by atoms with Crippen LogP contribution in [0, 0.1) is 5.82 Å². The number of carbonyl (C=O) groups excluding carboxylic acids is 1. The van der Waals surface area contributed by atoms with Crippen molar-refractivity contribution in [2.45, 2.75) is 38.8 Å². The molecule has 0 fully saturated rings. The fraction of sp³-hybridized carbons (Fsp3) is 0.462. The SMILES string of the molecule is CCC[C@H](N)C(=O)NC(C)c1ccccc1F. The summed E-state index contributed by atoms with van der Waals surface area (Å²) in [6, 6.07) is 5.51. The Hall–Kier alpha value is -1.42. The van der Waals surface area contributed by atoms with E-state index in [2.05, 4.69) is 5.32 Å². The standard InChI is InChI=1S/C13H19FN2O/c1-3-6-12(15)13(17)16-9(2)10-7-4-5-8-11(10)14/h4-5,7-9,12H,3,6,15H2,1-2H3,(H,16,17)/t9?,12-/m0/s1. The van der Waals surface area contributed by atoms with Gasteiger partial charge in [-0.3, -0.25) is 4.79 Å². The fourth-order valence-electron chi connectivity index (χ4n) is 1.67. The molecule has 0 saturated heterocycles. The molecule has 1 unspecified atom stereocenters. The third-order valence-electron chi connectivity index (χ3n) is 2.67. The van der Waals surface area contributed by atoms with Gasteiger partial charge in [0.1, 0.15) is 5.82 Å². The van der Waals surface area contributed by atoms with E-state index < -0.39 is 6.04 Å². The molecule has 17 heavy (non-hydrogen) atoms. The van der Waals surface area contributed by atoms with Crippen molar-refractivity contribution in [3.05, 3.63) is 35.6 Å². The first-order valence-electron chi connectivity index (χ1n) is 5.86. The Labute approximate surface area is 101 Å². The molecule has 0 spiro atoms. The van der Waals surface area contributed by atoms with Crippen LogP contribution in [0.4, 0.5) is 4.39 Å². The summed E-state index contributed by atoms with van der Waals surface area (Å²) in [6.45, 7) is 3.71. The van der Waals surface area contributed by atoms with E-state index in [4.69, 9.17) is 5.73 Å². The summed E-state index contributed by atoms with van der Waals surface area (Å²) in [4.78, 5) is 11.7. The molecule has 0 bridgehead atoms. The van der Waals surface area contributed by atoms with Gasteiger partial charge in [-0.1, -0.05) is 31.5 Å². The molecule has 1 rings (SSSR count). The molecule has 2 atom stereocenters. The molecule has 0 aliphatic rings. The van der Waals surface area contributed by atoms with Crippen LogP contribution in [0.3, 0.4) is 0 Å². The van der Waals surface area contributed by atoms with Crippen LogP contribution in [0.25, 0.3) is 0 Å². The van der Waals surface area contributed by atoms with Gasteiger partial charge in [-0.2, -0.15) is 0 Å². The molecule has 1 aromatic rings. The van der Waals surface area contributed by atoms with Crippen LogP contribution < -0.4 is 11.1 Å². The zero-order valence-corrected chi connectivity index (χ0v) is 10.2. The molecule has 0 aliphatic heterocycles.